The lowest BCUT2D eigenvalue weighted by Crippen LogP contribution is -2.44. The van der Waals surface area contributed by atoms with Crippen LogP contribution in [0.4, 0.5) is 11.4 Å². The number of rotatable bonds is 6. The zero-order chi connectivity index (χ0) is 18.6. The SMILES string of the molecule is Cc1c(Cl)cccc1NC(=O)CN(c1ccccc1)S(=O)(=O)N(C)C. The Labute approximate surface area is 153 Å². The fourth-order valence-electron chi connectivity index (χ4n) is 2.16. The Hall–Kier alpha value is -2.09. The second-order valence-electron chi connectivity index (χ2n) is 5.59. The summed E-state index contributed by atoms with van der Waals surface area (Å²) in [4.78, 5) is 12.5. The lowest BCUT2D eigenvalue weighted by Gasteiger charge is -2.27. The van der Waals surface area contributed by atoms with E-state index in [0.29, 0.717) is 16.4 Å². The Kier molecular flexibility index (Phi) is 6.05. The van der Waals surface area contributed by atoms with Gasteiger partial charge in [0.15, 0.2) is 0 Å². The summed E-state index contributed by atoms with van der Waals surface area (Å²) >= 11 is 6.05. The first-order chi connectivity index (χ1) is 11.7. The van der Waals surface area contributed by atoms with Gasteiger partial charge in [0.1, 0.15) is 6.54 Å². The quantitative estimate of drug-likeness (QED) is 0.836. The van der Waals surface area contributed by atoms with E-state index in [2.05, 4.69) is 5.32 Å². The highest BCUT2D eigenvalue weighted by molar-refractivity contribution is 7.90. The number of hydrogen-bond donors (Lipinski definition) is 1. The van der Waals surface area contributed by atoms with Crippen molar-refractivity contribution >= 4 is 39.1 Å². The van der Waals surface area contributed by atoms with E-state index in [-0.39, 0.29) is 6.54 Å². The molecule has 1 N–H and O–H groups in total. The van der Waals surface area contributed by atoms with Crippen LogP contribution in [0.25, 0.3) is 0 Å². The average molecular weight is 382 g/mol. The van der Waals surface area contributed by atoms with Crippen molar-refractivity contribution in [2.75, 3.05) is 30.3 Å². The van der Waals surface area contributed by atoms with Crippen LogP contribution in [0, 0.1) is 6.92 Å². The molecule has 0 atom stereocenters. The summed E-state index contributed by atoms with van der Waals surface area (Å²) in [7, 11) is -0.976. The van der Waals surface area contributed by atoms with Gasteiger partial charge in [-0.15, -0.1) is 0 Å². The van der Waals surface area contributed by atoms with Crippen molar-refractivity contribution < 1.29 is 13.2 Å². The molecule has 0 heterocycles. The minimum Gasteiger partial charge on any atom is -0.324 e. The maximum absolute atomic E-state index is 12.6. The fourth-order valence-corrected chi connectivity index (χ4v) is 3.40. The third-order valence-electron chi connectivity index (χ3n) is 3.61. The maximum Gasteiger partial charge on any atom is 0.304 e. The van der Waals surface area contributed by atoms with Crippen molar-refractivity contribution in [3.8, 4) is 0 Å². The predicted octanol–water partition coefficient (Wildman–Crippen LogP) is 2.90. The summed E-state index contributed by atoms with van der Waals surface area (Å²) in [5.41, 5.74) is 1.68. The van der Waals surface area contributed by atoms with E-state index >= 15 is 0 Å². The molecule has 25 heavy (non-hydrogen) atoms. The van der Waals surface area contributed by atoms with E-state index < -0.39 is 16.1 Å². The monoisotopic (exact) mass is 381 g/mol. The van der Waals surface area contributed by atoms with Crippen LogP contribution in [0.15, 0.2) is 48.5 Å². The number of anilines is 2. The summed E-state index contributed by atoms with van der Waals surface area (Å²) in [5, 5.41) is 3.24. The van der Waals surface area contributed by atoms with Gasteiger partial charge in [0.25, 0.3) is 0 Å². The van der Waals surface area contributed by atoms with Gasteiger partial charge < -0.3 is 5.32 Å². The van der Waals surface area contributed by atoms with Crippen LogP contribution >= 0.6 is 11.6 Å². The van der Waals surface area contributed by atoms with Gasteiger partial charge in [-0.1, -0.05) is 35.9 Å². The molecule has 8 heteroatoms. The second-order valence-corrected chi connectivity index (χ2v) is 8.07. The van der Waals surface area contributed by atoms with Crippen LogP contribution in [-0.4, -0.2) is 39.3 Å². The number of carbonyl (C=O) groups is 1. The van der Waals surface area contributed by atoms with Crippen molar-refractivity contribution in [3.63, 3.8) is 0 Å². The number of benzene rings is 2. The molecule has 6 nitrogen and oxygen atoms in total. The number of amides is 1. The molecular formula is C17H20ClN3O3S. The van der Waals surface area contributed by atoms with E-state index in [9.17, 15) is 13.2 Å². The van der Waals surface area contributed by atoms with Crippen LogP contribution in [-0.2, 0) is 15.0 Å². The van der Waals surface area contributed by atoms with E-state index in [4.69, 9.17) is 11.6 Å². The first-order valence-corrected chi connectivity index (χ1v) is 9.31. The zero-order valence-corrected chi connectivity index (χ0v) is 15.8. The van der Waals surface area contributed by atoms with Gasteiger partial charge in [0.05, 0.1) is 5.69 Å². The smallest absolute Gasteiger partial charge is 0.304 e. The molecule has 0 aliphatic heterocycles. The molecule has 0 spiro atoms. The van der Waals surface area contributed by atoms with E-state index in [0.717, 1.165) is 14.2 Å². The molecule has 2 rings (SSSR count). The lowest BCUT2D eigenvalue weighted by atomic mass is 10.2. The lowest BCUT2D eigenvalue weighted by molar-refractivity contribution is -0.114. The highest BCUT2D eigenvalue weighted by Crippen LogP contribution is 2.23. The van der Waals surface area contributed by atoms with Gasteiger partial charge in [-0.25, -0.2) is 4.31 Å². The molecule has 0 saturated heterocycles. The number of carbonyl (C=O) groups excluding carboxylic acids is 1. The molecular weight excluding hydrogens is 362 g/mol. The maximum atomic E-state index is 12.6. The van der Waals surface area contributed by atoms with Crippen molar-refractivity contribution in [1.82, 2.24) is 4.31 Å². The van der Waals surface area contributed by atoms with Gasteiger partial charge >= 0.3 is 10.2 Å². The Balaban J connectivity index is 2.28. The number of nitrogens with zero attached hydrogens (tertiary/aromatic N) is 2. The molecule has 0 saturated carbocycles. The molecule has 0 unspecified atom stereocenters. The number of halogens is 1. The molecule has 0 aromatic heterocycles. The number of nitrogens with one attached hydrogen (secondary N) is 1. The Morgan fingerprint density at radius 3 is 2.32 bits per heavy atom. The molecule has 0 aliphatic carbocycles. The summed E-state index contributed by atoms with van der Waals surface area (Å²) in [6.45, 7) is 1.43. The first-order valence-electron chi connectivity index (χ1n) is 7.53. The summed E-state index contributed by atoms with van der Waals surface area (Å²) in [6.07, 6.45) is 0. The Bertz CT molecular complexity index is 855. The molecule has 0 fully saturated rings. The van der Waals surface area contributed by atoms with Crippen LogP contribution in [0.3, 0.4) is 0 Å². The minimum atomic E-state index is -3.82. The average Bonchev–Trinajstić information content (AvgIpc) is 2.57. The van der Waals surface area contributed by atoms with Gasteiger partial charge in [-0.2, -0.15) is 12.7 Å². The highest BCUT2D eigenvalue weighted by atomic mass is 35.5. The van der Waals surface area contributed by atoms with Gasteiger partial charge in [0, 0.05) is 24.8 Å². The van der Waals surface area contributed by atoms with Gasteiger partial charge in [-0.3, -0.25) is 4.79 Å². The van der Waals surface area contributed by atoms with Crippen molar-refractivity contribution in [2.45, 2.75) is 6.92 Å². The van der Waals surface area contributed by atoms with Crippen LogP contribution in [0.5, 0.6) is 0 Å². The Morgan fingerprint density at radius 1 is 1.08 bits per heavy atom. The second kappa shape index (κ2) is 7.86. The van der Waals surface area contributed by atoms with Crippen molar-refractivity contribution in [3.05, 3.63) is 59.1 Å². The van der Waals surface area contributed by atoms with E-state index in [1.165, 1.54) is 14.1 Å². The molecule has 0 radical (unpaired) electrons. The Morgan fingerprint density at radius 2 is 1.72 bits per heavy atom. The van der Waals surface area contributed by atoms with E-state index in [1.807, 2.05) is 0 Å². The van der Waals surface area contributed by atoms with Crippen LogP contribution < -0.4 is 9.62 Å². The van der Waals surface area contributed by atoms with Gasteiger partial charge in [0.2, 0.25) is 5.91 Å². The predicted molar refractivity (Wildman–Crippen MR) is 101 cm³/mol. The molecule has 0 aliphatic rings. The van der Waals surface area contributed by atoms with Crippen molar-refractivity contribution in [2.24, 2.45) is 0 Å². The molecule has 0 bridgehead atoms. The van der Waals surface area contributed by atoms with Crippen LogP contribution in [0.1, 0.15) is 5.56 Å². The van der Waals surface area contributed by atoms with E-state index in [1.54, 1.807) is 55.5 Å². The molecule has 134 valence electrons. The highest BCUT2D eigenvalue weighted by Gasteiger charge is 2.27. The number of para-hydroxylation sites is 1. The number of hydrogen-bond acceptors (Lipinski definition) is 3. The van der Waals surface area contributed by atoms with Crippen molar-refractivity contribution in [1.29, 1.82) is 0 Å². The minimum absolute atomic E-state index is 0.351. The fraction of sp³-hybridized carbons (Fsp3) is 0.235. The van der Waals surface area contributed by atoms with Gasteiger partial charge in [-0.05, 0) is 36.8 Å². The summed E-state index contributed by atoms with van der Waals surface area (Å²) in [6, 6.07) is 13.6. The largest absolute Gasteiger partial charge is 0.324 e. The molecule has 2 aromatic carbocycles. The topological polar surface area (TPSA) is 69.7 Å². The molecule has 2 aromatic rings. The third kappa shape index (κ3) is 4.50. The standard InChI is InChI=1S/C17H20ClN3O3S/c1-13-15(18)10-7-11-16(13)19-17(22)12-21(25(23,24)20(2)3)14-8-5-4-6-9-14/h4-11H,12H2,1-3H3,(H,19,22). The third-order valence-corrected chi connectivity index (χ3v) is 5.84. The summed E-state index contributed by atoms with van der Waals surface area (Å²) in [5.74, 6) is -0.459. The zero-order valence-electron chi connectivity index (χ0n) is 14.2. The van der Waals surface area contributed by atoms with Crippen LogP contribution in [0.2, 0.25) is 5.02 Å². The first kappa shape index (κ1) is 19.2. The normalized spacial score (nSPS) is 11.4. The molecule has 1 amide bonds. The summed E-state index contributed by atoms with van der Waals surface area (Å²) < 4.78 is 27.3.